The Hall–Kier alpha value is -1.92. The van der Waals surface area contributed by atoms with Crippen molar-refractivity contribution in [1.29, 1.82) is 0 Å². The van der Waals surface area contributed by atoms with E-state index in [1.807, 2.05) is 20.8 Å². The highest BCUT2D eigenvalue weighted by Crippen LogP contribution is 2.15. The van der Waals surface area contributed by atoms with Crippen LogP contribution in [0.3, 0.4) is 0 Å². The molecule has 0 saturated heterocycles. The smallest absolute Gasteiger partial charge is 0.339 e. The summed E-state index contributed by atoms with van der Waals surface area (Å²) >= 11 is 0. The summed E-state index contributed by atoms with van der Waals surface area (Å²) in [4.78, 5) is 24.2. The topological polar surface area (TPSA) is 71.1 Å². The van der Waals surface area contributed by atoms with Crippen molar-refractivity contribution < 1.29 is 28.5 Å². The van der Waals surface area contributed by atoms with Crippen molar-refractivity contribution in [3.05, 3.63) is 34.9 Å². The van der Waals surface area contributed by atoms with Gasteiger partial charge in [0.1, 0.15) is 6.10 Å². The highest BCUT2D eigenvalue weighted by Gasteiger charge is 2.22. The number of ether oxygens (including phenoxy) is 4. The SMILES string of the molecule is CCOCC(COCC)OC(=O)c1ccc(C)cc1C(=O)OC. The number of esters is 2. The van der Waals surface area contributed by atoms with Gasteiger partial charge in [-0.15, -0.1) is 0 Å². The zero-order chi connectivity index (χ0) is 17.2. The molecular formula is C17H24O6. The second-order valence-electron chi connectivity index (χ2n) is 4.89. The van der Waals surface area contributed by atoms with Crippen molar-refractivity contribution in [1.82, 2.24) is 0 Å². The Morgan fingerprint density at radius 1 is 1.00 bits per heavy atom. The summed E-state index contributed by atoms with van der Waals surface area (Å²) in [6, 6.07) is 4.90. The maximum atomic E-state index is 12.4. The number of benzene rings is 1. The van der Waals surface area contributed by atoms with E-state index in [0.29, 0.717) is 13.2 Å². The van der Waals surface area contributed by atoms with Gasteiger partial charge in [-0.25, -0.2) is 9.59 Å². The summed E-state index contributed by atoms with van der Waals surface area (Å²) in [5, 5.41) is 0. The number of hydrogen-bond donors (Lipinski definition) is 0. The quantitative estimate of drug-likeness (QED) is 0.650. The molecular weight excluding hydrogens is 300 g/mol. The monoisotopic (exact) mass is 324 g/mol. The van der Waals surface area contributed by atoms with Crippen molar-refractivity contribution in [3.8, 4) is 0 Å². The van der Waals surface area contributed by atoms with Gasteiger partial charge in [-0.1, -0.05) is 11.6 Å². The van der Waals surface area contributed by atoms with Gasteiger partial charge in [0.2, 0.25) is 0 Å². The van der Waals surface area contributed by atoms with Crippen LogP contribution < -0.4 is 0 Å². The third-order valence-corrected chi connectivity index (χ3v) is 3.09. The zero-order valence-electron chi connectivity index (χ0n) is 14.1. The van der Waals surface area contributed by atoms with Crippen LogP contribution in [0.15, 0.2) is 18.2 Å². The van der Waals surface area contributed by atoms with Crippen LogP contribution in [0.4, 0.5) is 0 Å². The Morgan fingerprint density at radius 3 is 2.13 bits per heavy atom. The van der Waals surface area contributed by atoms with Crippen LogP contribution in [0.1, 0.15) is 40.1 Å². The molecule has 0 heterocycles. The van der Waals surface area contributed by atoms with Crippen LogP contribution in [0.2, 0.25) is 0 Å². The van der Waals surface area contributed by atoms with Gasteiger partial charge in [0.25, 0.3) is 0 Å². The average Bonchev–Trinajstić information content (AvgIpc) is 2.56. The fourth-order valence-corrected chi connectivity index (χ4v) is 1.94. The molecule has 23 heavy (non-hydrogen) atoms. The molecule has 0 saturated carbocycles. The number of rotatable bonds is 9. The fourth-order valence-electron chi connectivity index (χ4n) is 1.94. The summed E-state index contributed by atoms with van der Waals surface area (Å²) < 4.78 is 20.7. The Labute approximate surface area is 136 Å². The van der Waals surface area contributed by atoms with Gasteiger partial charge in [0.15, 0.2) is 0 Å². The molecule has 0 N–H and O–H groups in total. The molecule has 0 atom stereocenters. The molecule has 6 heteroatoms. The molecule has 128 valence electrons. The standard InChI is InChI=1S/C17H24O6/c1-5-21-10-13(11-22-6-2)23-17(19)14-8-7-12(3)9-15(14)16(18)20-4/h7-9,13H,5-6,10-11H2,1-4H3. The molecule has 0 unspecified atom stereocenters. The van der Waals surface area contributed by atoms with Crippen LogP contribution >= 0.6 is 0 Å². The van der Waals surface area contributed by atoms with Crippen molar-refractivity contribution >= 4 is 11.9 Å². The van der Waals surface area contributed by atoms with E-state index in [-0.39, 0.29) is 24.3 Å². The normalized spacial score (nSPS) is 10.7. The third-order valence-electron chi connectivity index (χ3n) is 3.09. The molecule has 0 aromatic heterocycles. The Bertz CT molecular complexity index is 518. The number of aryl methyl sites for hydroxylation is 1. The first-order valence-electron chi connectivity index (χ1n) is 7.58. The van der Waals surface area contributed by atoms with E-state index in [4.69, 9.17) is 18.9 Å². The lowest BCUT2D eigenvalue weighted by Crippen LogP contribution is -2.29. The largest absolute Gasteiger partial charge is 0.465 e. The molecule has 1 rings (SSSR count). The van der Waals surface area contributed by atoms with E-state index in [1.54, 1.807) is 18.2 Å². The van der Waals surface area contributed by atoms with E-state index in [0.717, 1.165) is 5.56 Å². The Morgan fingerprint density at radius 2 is 1.61 bits per heavy atom. The van der Waals surface area contributed by atoms with Crippen molar-refractivity contribution in [2.45, 2.75) is 26.9 Å². The third kappa shape index (κ3) is 6.00. The molecule has 0 amide bonds. The van der Waals surface area contributed by atoms with Crippen LogP contribution in [0.25, 0.3) is 0 Å². The highest BCUT2D eigenvalue weighted by atomic mass is 16.6. The Kier molecular flexibility index (Phi) is 8.29. The van der Waals surface area contributed by atoms with Crippen LogP contribution in [0, 0.1) is 6.92 Å². The minimum atomic E-state index is -0.602. The van der Waals surface area contributed by atoms with Crippen molar-refractivity contribution in [2.24, 2.45) is 0 Å². The summed E-state index contributed by atoms with van der Waals surface area (Å²) in [6.07, 6.45) is -0.533. The summed E-state index contributed by atoms with van der Waals surface area (Å²) in [7, 11) is 1.27. The first-order valence-corrected chi connectivity index (χ1v) is 7.58. The molecule has 0 bridgehead atoms. The first-order chi connectivity index (χ1) is 11.0. The van der Waals surface area contributed by atoms with E-state index in [9.17, 15) is 9.59 Å². The van der Waals surface area contributed by atoms with Gasteiger partial charge in [0, 0.05) is 13.2 Å². The molecule has 0 radical (unpaired) electrons. The lowest BCUT2D eigenvalue weighted by atomic mass is 10.0. The Balaban J connectivity index is 2.91. The van der Waals surface area contributed by atoms with Gasteiger partial charge < -0.3 is 18.9 Å². The lowest BCUT2D eigenvalue weighted by molar-refractivity contribution is -0.0364. The number of carbonyl (C=O) groups is 2. The molecule has 0 aliphatic carbocycles. The second kappa shape index (κ2) is 9.97. The van der Waals surface area contributed by atoms with Crippen LogP contribution in [-0.2, 0) is 18.9 Å². The zero-order valence-corrected chi connectivity index (χ0v) is 14.1. The van der Waals surface area contributed by atoms with Crippen molar-refractivity contribution in [2.75, 3.05) is 33.5 Å². The number of hydrogen-bond acceptors (Lipinski definition) is 6. The van der Waals surface area contributed by atoms with E-state index < -0.39 is 18.0 Å². The number of carbonyl (C=O) groups excluding carboxylic acids is 2. The van der Waals surface area contributed by atoms with Crippen LogP contribution in [-0.4, -0.2) is 51.6 Å². The molecule has 0 aliphatic heterocycles. The molecule has 0 fully saturated rings. The van der Waals surface area contributed by atoms with E-state index in [2.05, 4.69) is 0 Å². The minimum Gasteiger partial charge on any atom is -0.465 e. The van der Waals surface area contributed by atoms with Gasteiger partial charge in [-0.2, -0.15) is 0 Å². The van der Waals surface area contributed by atoms with E-state index >= 15 is 0 Å². The predicted octanol–water partition coefficient (Wildman–Crippen LogP) is 2.38. The fraction of sp³-hybridized carbons (Fsp3) is 0.529. The second-order valence-corrected chi connectivity index (χ2v) is 4.89. The van der Waals surface area contributed by atoms with Gasteiger partial charge in [-0.3, -0.25) is 0 Å². The van der Waals surface area contributed by atoms with Gasteiger partial charge in [-0.05, 0) is 32.9 Å². The summed E-state index contributed by atoms with van der Waals surface area (Å²) in [6.45, 7) is 7.04. The first kappa shape index (κ1) is 19.1. The highest BCUT2D eigenvalue weighted by molar-refractivity contribution is 6.03. The van der Waals surface area contributed by atoms with Crippen molar-refractivity contribution in [3.63, 3.8) is 0 Å². The summed E-state index contributed by atoms with van der Waals surface area (Å²) in [5.74, 6) is -1.18. The molecule has 0 spiro atoms. The minimum absolute atomic E-state index is 0.167. The molecule has 1 aromatic rings. The van der Waals surface area contributed by atoms with Gasteiger partial charge in [0.05, 0.1) is 31.5 Å². The van der Waals surface area contributed by atoms with Gasteiger partial charge >= 0.3 is 11.9 Å². The number of methoxy groups -OCH3 is 1. The maximum Gasteiger partial charge on any atom is 0.339 e. The molecule has 0 aliphatic rings. The predicted molar refractivity (Wildman–Crippen MR) is 84.7 cm³/mol. The summed E-state index contributed by atoms with van der Waals surface area (Å²) in [5.41, 5.74) is 1.20. The van der Waals surface area contributed by atoms with E-state index in [1.165, 1.54) is 7.11 Å². The molecule has 1 aromatic carbocycles. The molecule has 6 nitrogen and oxygen atoms in total. The average molecular weight is 324 g/mol. The van der Waals surface area contributed by atoms with Crippen LogP contribution in [0.5, 0.6) is 0 Å². The maximum absolute atomic E-state index is 12.4. The lowest BCUT2D eigenvalue weighted by Gasteiger charge is -2.18.